The summed E-state index contributed by atoms with van der Waals surface area (Å²) >= 11 is 6.28. The number of aryl methyl sites for hydroxylation is 1. The van der Waals surface area contributed by atoms with Crippen molar-refractivity contribution in [3.8, 4) is 22.5 Å². The monoisotopic (exact) mass is 498 g/mol. The molecule has 7 nitrogen and oxygen atoms in total. The van der Waals surface area contributed by atoms with Gasteiger partial charge in [0.1, 0.15) is 5.82 Å². The molecule has 5 aromatic rings. The molecule has 0 aliphatic heterocycles. The van der Waals surface area contributed by atoms with Crippen LogP contribution >= 0.6 is 11.6 Å². The number of rotatable bonds is 9. The summed E-state index contributed by atoms with van der Waals surface area (Å²) in [5, 5.41) is 22.7. The summed E-state index contributed by atoms with van der Waals surface area (Å²) in [6, 6.07) is 26.7. The molecule has 5 rings (SSSR count). The quantitative estimate of drug-likeness (QED) is 0.294. The van der Waals surface area contributed by atoms with Gasteiger partial charge in [-0.25, -0.2) is 9.67 Å². The van der Waals surface area contributed by atoms with Crippen LogP contribution in [0.15, 0.2) is 78.9 Å². The lowest BCUT2D eigenvalue weighted by Crippen LogP contribution is -2.09. The predicted octanol–water partition coefficient (Wildman–Crippen LogP) is 5.40. The van der Waals surface area contributed by atoms with Crippen molar-refractivity contribution in [3.63, 3.8) is 0 Å². The fourth-order valence-electron chi connectivity index (χ4n) is 4.42. The second-order valence-corrected chi connectivity index (χ2v) is 9.01. The van der Waals surface area contributed by atoms with Crippen molar-refractivity contribution in [2.75, 3.05) is 0 Å². The molecule has 0 saturated carbocycles. The average molecular weight is 499 g/mol. The van der Waals surface area contributed by atoms with Gasteiger partial charge in [-0.1, -0.05) is 97.4 Å². The van der Waals surface area contributed by atoms with Crippen molar-refractivity contribution in [2.45, 2.75) is 39.5 Å². The maximum atomic E-state index is 9.82. The second-order valence-electron chi connectivity index (χ2n) is 8.65. The zero-order valence-electron chi connectivity index (χ0n) is 20.0. The van der Waals surface area contributed by atoms with Gasteiger partial charge in [0.2, 0.25) is 0 Å². The third-order valence-electron chi connectivity index (χ3n) is 6.21. The van der Waals surface area contributed by atoms with Crippen LogP contribution in [-0.4, -0.2) is 34.9 Å². The molecule has 182 valence electrons. The summed E-state index contributed by atoms with van der Waals surface area (Å²) < 4.78 is 3.85. The van der Waals surface area contributed by atoms with E-state index in [0.717, 1.165) is 52.3 Å². The van der Waals surface area contributed by atoms with Crippen LogP contribution in [0.1, 0.15) is 36.0 Å². The SMILES string of the molecule is CCCc1nc(Cl)c(CO)n1Cc1ccc(-c2ccccc2-c2nnnn2Cc2ccccc2)cc1. The Balaban J connectivity index is 1.44. The summed E-state index contributed by atoms with van der Waals surface area (Å²) in [4.78, 5) is 4.46. The van der Waals surface area contributed by atoms with E-state index >= 15 is 0 Å². The zero-order chi connectivity index (χ0) is 24.9. The van der Waals surface area contributed by atoms with E-state index in [4.69, 9.17) is 11.6 Å². The first-order valence-corrected chi connectivity index (χ1v) is 12.4. The smallest absolute Gasteiger partial charge is 0.182 e. The number of tetrazole rings is 1. The first-order chi connectivity index (χ1) is 17.7. The van der Waals surface area contributed by atoms with Crippen molar-refractivity contribution in [2.24, 2.45) is 0 Å². The lowest BCUT2D eigenvalue weighted by atomic mass is 9.98. The van der Waals surface area contributed by atoms with Crippen molar-refractivity contribution in [1.82, 2.24) is 29.8 Å². The Hall–Kier alpha value is -3.81. The van der Waals surface area contributed by atoms with Gasteiger partial charge in [0.25, 0.3) is 0 Å². The minimum Gasteiger partial charge on any atom is -0.390 e. The van der Waals surface area contributed by atoms with E-state index in [1.807, 2.05) is 39.6 Å². The number of imidazole rings is 1. The molecule has 0 bridgehead atoms. The molecular weight excluding hydrogens is 472 g/mol. The minimum atomic E-state index is -0.140. The number of aromatic nitrogens is 6. The molecule has 0 saturated heterocycles. The van der Waals surface area contributed by atoms with Gasteiger partial charge in [-0.05, 0) is 39.1 Å². The van der Waals surface area contributed by atoms with Crippen LogP contribution in [0.5, 0.6) is 0 Å². The zero-order valence-corrected chi connectivity index (χ0v) is 20.8. The lowest BCUT2D eigenvalue weighted by Gasteiger charge is -2.13. The van der Waals surface area contributed by atoms with Gasteiger partial charge in [-0.2, -0.15) is 0 Å². The Morgan fingerprint density at radius 3 is 2.25 bits per heavy atom. The number of nitrogens with zero attached hydrogens (tertiary/aromatic N) is 6. The highest BCUT2D eigenvalue weighted by atomic mass is 35.5. The van der Waals surface area contributed by atoms with Crippen LogP contribution in [0.4, 0.5) is 0 Å². The van der Waals surface area contributed by atoms with E-state index < -0.39 is 0 Å². The van der Waals surface area contributed by atoms with Gasteiger partial charge in [0.05, 0.1) is 18.8 Å². The third kappa shape index (κ3) is 4.94. The number of halogens is 1. The van der Waals surface area contributed by atoms with Crippen LogP contribution in [0.3, 0.4) is 0 Å². The molecule has 8 heteroatoms. The molecule has 0 spiro atoms. The van der Waals surface area contributed by atoms with E-state index in [1.165, 1.54) is 0 Å². The van der Waals surface area contributed by atoms with Crippen LogP contribution in [0.2, 0.25) is 5.15 Å². The van der Waals surface area contributed by atoms with Crippen molar-refractivity contribution >= 4 is 11.6 Å². The maximum absolute atomic E-state index is 9.82. The number of aliphatic hydroxyl groups is 1. The first-order valence-electron chi connectivity index (χ1n) is 12.0. The molecule has 2 heterocycles. The van der Waals surface area contributed by atoms with E-state index in [-0.39, 0.29) is 6.61 Å². The Morgan fingerprint density at radius 2 is 1.53 bits per heavy atom. The predicted molar refractivity (Wildman–Crippen MR) is 140 cm³/mol. The van der Waals surface area contributed by atoms with Crippen LogP contribution in [0, 0.1) is 0 Å². The Kier molecular flexibility index (Phi) is 7.21. The summed E-state index contributed by atoms with van der Waals surface area (Å²) in [6.45, 7) is 3.16. The van der Waals surface area contributed by atoms with Gasteiger partial charge in [-0.3, -0.25) is 0 Å². The highest BCUT2D eigenvalue weighted by Gasteiger charge is 2.17. The van der Waals surface area contributed by atoms with E-state index in [1.54, 1.807) is 0 Å². The molecular formula is C28H27ClN6O. The number of aliphatic hydroxyl groups excluding tert-OH is 1. The fourth-order valence-corrected chi connectivity index (χ4v) is 4.68. The molecule has 3 aromatic carbocycles. The van der Waals surface area contributed by atoms with E-state index in [9.17, 15) is 5.11 Å². The van der Waals surface area contributed by atoms with Crippen molar-refractivity contribution < 1.29 is 5.11 Å². The number of hydrogen-bond acceptors (Lipinski definition) is 5. The molecule has 0 aliphatic carbocycles. The van der Waals surface area contributed by atoms with E-state index in [0.29, 0.717) is 23.9 Å². The first kappa shape index (κ1) is 23.9. The summed E-state index contributed by atoms with van der Waals surface area (Å²) in [7, 11) is 0. The normalized spacial score (nSPS) is 11.2. The average Bonchev–Trinajstić information content (AvgIpc) is 3.48. The van der Waals surface area contributed by atoms with Gasteiger partial charge in [-0.15, -0.1) is 5.10 Å². The summed E-state index contributed by atoms with van der Waals surface area (Å²) in [6.07, 6.45) is 1.76. The molecule has 1 N–H and O–H groups in total. The number of benzene rings is 3. The van der Waals surface area contributed by atoms with Crippen LogP contribution in [0.25, 0.3) is 22.5 Å². The summed E-state index contributed by atoms with van der Waals surface area (Å²) in [5.74, 6) is 1.62. The van der Waals surface area contributed by atoms with E-state index in [2.05, 4.69) is 76.0 Å². The molecule has 0 amide bonds. The van der Waals surface area contributed by atoms with Gasteiger partial charge in [0.15, 0.2) is 11.0 Å². The molecule has 0 atom stereocenters. The maximum Gasteiger partial charge on any atom is 0.182 e. The Bertz CT molecular complexity index is 1440. The molecule has 0 radical (unpaired) electrons. The summed E-state index contributed by atoms with van der Waals surface area (Å²) in [5.41, 5.74) is 5.99. The largest absolute Gasteiger partial charge is 0.390 e. The van der Waals surface area contributed by atoms with Crippen LogP contribution in [-0.2, 0) is 26.1 Å². The highest BCUT2D eigenvalue weighted by molar-refractivity contribution is 6.30. The van der Waals surface area contributed by atoms with Crippen molar-refractivity contribution in [3.05, 3.63) is 107 Å². The van der Waals surface area contributed by atoms with Crippen molar-refractivity contribution in [1.29, 1.82) is 0 Å². The van der Waals surface area contributed by atoms with Crippen LogP contribution < -0.4 is 0 Å². The highest BCUT2D eigenvalue weighted by Crippen LogP contribution is 2.31. The fraction of sp³-hybridized carbons (Fsp3) is 0.214. The second kappa shape index (κ2) is 10.8. The molecule has 36 heavy (non-hydrogen) atoms. The third-order valence-corrected chi connectivity index (χ3v) is 6.51. The lowest BCUT2D eigenvalue weighted by molar-refractivity contribution is 0.271. The molecule has 0 fully saturated rings. The van der Waals surface area contributed by atoms with Gasteiger partial charge in [0, 0.05) is 18.5 Å². The standard InChI is InChI=1S/C28H27ClN6O/c1-2-8-26-30-27(29)25(19-36)34(26)17-21-13-15-22(16-14-21)23-11-6-7-12-24(23)28-31-32-33-35(28)18-20-9-4-3-5-10-20/h3-7,9-16,36H,2,8,17-19H2,1H3. The topological polar surface area (TPSA) is 81.7 Å². The van der Waals surface area contributed by atoms with Gasteiger partial charge < -0.3 is 9.67 Å². The minimum absolute atomic E-state index is 0.140. The molecule has 2 aromatic heterocycles. The van der Waals surface area contributed by atoms with Gasteiger partial charge >= 0.3 is 0 Å². The molecule has 0 unspecified atom stereocenters. The molecule has 0 aliphatic rings. The number of hydrogen-bond donors (Lipinski definition) is 1. The Morgan fingerprint density at radius 1 is 0.833 bits per heavy atom. The Labute approximate surface area is 215 Å².